The third-order valence-corrected chi connectivity index (χ3v) is 22.4. The number of benzene rings is 19. The molecular weight excluding hydrogens is 1270 g/mol. The maximum Gasteiger partial charge on any atom is 0.147 e. The van der Waals surface area contributed by atoms with E-state index in [1.54, 1.807) is 0 Å². The second-order valence-electron chi connectivity index (χ2n) is 27.9. The van der Waals surface area contributed by atoms with Crippen molar-refractivity contribution in [3.63, 3.8) is 0 Å². The lowest BCUT2D eigenvalue weighted by molar-refractivity contribution is 0.663. The number of fused-ring (bicyclic) bond motifs is 21. The van der Waals surface area contributed by atoms with E-state index >= 15 is 0 Å². The Balaban J connectivity index is 0.718. The van der Waals surface area contributed by atoms with E-state index in [1.807, 2.05) is 0 Å². The van der Waals surface area contributed by atoms with Gasteiger partial charge in [-0.05, 0) is 186 Å². The van der Waals surface area contributed by atoms with Crippen molar-refractivity contribution in [1.82, 2.24) is 0 Å². The van der Waals surface area contributed by atoms with Gasteiger partial charge < -0.3 is 17.7 Å². The predicted molar refractivity (Wildman–Crippen MR) is 436 cm³/mol. The van der Waals surface area contributed by atoms with E-state index in [4.69, 9.17) is 17.7 Å². The van der Waals surface area contributed by atoms with Gasteiger partial charge in [0.25, 0.3) is 0 Å². The first-order chi connectivity index (χ1) is 51.6. The van der Waals surface area contributed by atoms with Crippen molar-refractivity contribution in [2.45, 2.75) is 0 Å². The molecule has 23 rings (SSSR count). The van der Waals surface area contributed by atoms with Crippen LogP contribution in [0.4, 0.5) is 0 Å². The highest BCUT2D eigenvalue weighted by Crippen LogP contribution is 2.54. The molecule has 0 aliphatic rings. The van der Waals surface area contributed by atoms with E-state index in [-0.39, 0.29) is 0 Å². The zero-order valence-electron chi connectivity index (χ0n) is 56.0. The van der Waals surface area contributed by atoms with Crippen molar-refractivity contribution in [2.75, 3.05) is 0 Å². The van der Waals surface area contributed by atoms with Crippen LogP contribution in [0.5, 0.6) is 0 Å². The van der Waals surface area contributed by atoms with Crippen molar-refractivity contribution in [3.8, 4) is 77.9 Å². The molecule has 19 aromatic carbocycles. The standard InChI is InChI=1S/C100H56O4/c1-2-23-58(24-3-1)63-47-49-78(67-28-8-6-26-65(63)67)91-72-33-12-16-37-76(72)94(77-38-17-13-34-73(77)91)86-56-84-82-53-60(45-51-89(82)103-98(84)95-80-39-19-21-41-88(80)102-99(86)95)61-44-46-81-90(54-61)104-100-85(55-83-69-30-18-20-40-87(69)101-97(83)96(81)100)93-74-35-14-10-31-70(74)92(71-32-11-15-36-75(71)93)79-50-48-64(66-27-7-9-29-68(66)79)62-43-42-57-22-4-5-25-59(57)52-62/h1-56H. The van der Waals surface area contributed by atoms with Gasteiger partial charge in [-0.25, -0.2) is 0 Å². The number of hydrogen-bond acceptors (Lipinski definition) is 4. The van der Waals surface area contributed by atoms with E-state index in [2.05, 4.69) is 340 Å². The van der Waals surface area contributed by atoms with Gasteiger partial charge in [0.05, 0.1) is 10.8 Å². The first-order valence-electron chi connectivity index (χ1n) is 35.7. The third-order valence-electron chi connectivity index (χ3n) is 22.4. The quantitative estimate of drug-likeness (QED) is 0.149. The van der Waals surface area contributed by atoms with Crippen LogP contribution in [0.25, 0.3) is 241 Å². The molecule has 0 aliphatic carbocycles. The minimum Gasteiger partial charge on any atom is -0.455 e. The molecule has 4 nitrogen and oxygen atoms in total. The first kappa shape index (κ1) is 57.0. The summed E-state index contributed by atoms with van der Waals surface area (Å²) >= 11 is 0. The molecule has 0 radical (unpaired) electrons. The summed E-state index contributed by atoms with van der Waals surface area (Å²) < 4.78 is 28.8. The molecule has 0 saturated heterocycles. The molecule has 0 atom stereocenters. The molecule has 0 amide bonds. The Morgan fingerprint density at radius 1 is 0.144 bits per heavy atom. The van der Waals surface area contributed by atoms with Gasteiger partial charge in [-0.3, -0.25) is 0 Å². The van der Waals surface area contributed by atoms with Crippen molar-refractivity contribution >= 4 is 163 Å². The van der Waals surface area contributed by atoms with Gasteiger partial charge in [-0.2, -0.15) is 0 Å². The summed E-state index contributed by atoms with van der Waals surface area (Å²) in [5.74, 6) is 0. The highest BCUT2D eigenvalue weighted by Gasteiger charge is 2.29. The van der Waals surface area contributed by atoms with Crippen LogP contribution in [-0.2, 0) is 0 Å². The molecule has 4 heteroatoms. The predicted octanol–water partition coefficient (Wildman–Crippen LogP) is 29.0. The first-order valence-corrected chi connectivity index (χ1v) is 35.7. The van der Waals surface area contributed by atoms with Crippen LogP contribution in [0, 0.1) is 0 Å². The van der Waals surface area contributed by atoms with Gasteiger partial charge in [-0.1, -0.05) is 285 Å². The molecule has 0 spiro atoms. The monoisotopic (exact) mass is 1320 g/mol. The Morgan fingerprint density at radius 2 is 0.490 bits per heavy atom. The van der Waals surface area contributed by atoms with Crippen LogP contribution < -0.4 is 0 Å². The van der Waals surface area contributed by atoms with E-state index in [0.717, 1.165) is 143 Å². The third kappa shape index (κ3) is 8.19. The normalized spacial score (nSPS) is 12.2. The van der Waals surface area contributed by atoms with Gasteiger partial charge in [0, 0.05) is 54.6 Å². The molecular formula is C100H56O4. The van der Waals surface area contributed by atoms with E-state index in [1.165, 1.54) is 98.4 Å². The molecule has 23 aromatic rings. The van der Waals surface area contributed by atoms with E-state index in [0.29, 0.717) is 0 Å². The SMILES string of the molecule is c1ccc(-c2ccc(-c3c4ccccc4c(-c4cc5c6cc(-c7ccc8c(c7)oc7c(-c9c%10ccccc%10c(-c%10ccc(-c%11ccc%12ccccc%12c%11)c%11ccccc%10%11)c%10ccccc9%10)cc9c%10ccccc%10oc9c78)ccc6oc5c5c4oc4ccccc45)c4ccccc34)c3ccccc23)cc1. The molecule has 480 valence electrons. The van der Waals surface area contributed by atoms with Crippen LogP contribution in [0.15, 0.2) is 357 Å². The number of rotatable bonds is 7. The zero-order chi connectivity index (χ0) is 67.8. The maximum atomic E-state index is 7.51. The van der Waals surface area contributed by atoms with Crippen molar-refractivity contribution < 1.29 is 17.7 Å². The fourth-order valence-electron chi connectivity index (χ4n) is 17.9. The zero-order valence-corrected chi connectivity index (χ0v) is 56.0. The smallest absolute Gasteiger partial charge is 0.147 e. The van der Waals surface area contributed by atoms with Crippen molar-refractivity contribution in [2.24, 2.45) is 0 Å². The molecule has 0 saturated carbocycles. The number of hydrogen-bond donors (Lipinski definition) is 0. The van der Waals surface area contributed by atoms with Crippen LogP contribution in [-0.4, -0.2) is 0 Å². The van der Waals surface area contributed by atoms with Crippen LogP contribution in [0.1, 0.15) is 0 Å². The molecule has 0 unspecified atom stereocenters. The Bertz CT molecular complexity index is 7550. The largest absolute Gasteiger partial charge is 0.455 e. The highest BCUT2D eigenvalue weighted by atomic mass is 16.4. The fraction of sp³-hybridized carbons (Fsp3) is 0. The number of para-hydroxylation sites is 2. The van der Waals surface area contributed by atoms with Gasteiger partial charge in [-0.15, -0.1) is 0 Å². The Labute approximate surface area is 594 Å². The van der Waals surface area contributed by atoms with E-state index < -0.39 is 0 Å². The van der Waals surface area contributed by atoms with Crippen molar-refractivity contribution in [1.29, 1.82) is 0 Å². The van der Waals surface area contributed by atoms with E-state index in [9.17, 15) is 0 Å². The fourth-order valence-corrected chi connectivity index (χ4v) is 17.9. The Kier molecular flexibility index (Phi) is 12.0. The average Bonchev–Trinajstić information content (AvgIpc) is 1.41. The second-order valence-corrected chi connectivity index (χ2v) is 27.9. The summed E-state index contributed by atoms with van der Waals surface area (Å²) in [6, 6.07) is 124. The second kappa shape index (κ2) is 21.9. The van der Waals surface area contributed by atoms with Gasteiger partial charge in [0.1, 0.15) is 44.7 Å². The van der Waals surface area contributed by atoms with Gasteiger partial charge in [0.15, 0.2) is 0 Å². The maximum absolute atomic E-state index is 7.51. The molecule has 0 N–H and O–H groups in total. The Hall–Kier alpha value is -13.8. The molecule has 4 heterocycles. The summed E-state index contributed by atoms with van der Waals surface area (Å²) in [4.78, 5) is 0. The summed E-state index contributed by atoms with van der Waals surface area (Å²) in [7, 11) is 0. The lowest BCUT2D eigenvalue weighted by atomic mass is 9.83. The summed E-state index contributed by atoms with van der Waals surface area (Å²) in [5.41, 5.74) is 22.3. The minimum atomic E-state index is 0.767. The highest BCUT2D eigenvalue weighted by molar-refractivity contribution is 6.33. The minimum absolute atomic E-state index is 0.767. The lowest BCUT2D eigenvalue weighted by Crippen LogP contribution is -1.93. The average molecular weight is 1320 g/mol. The number of furan rings is 4. The molecule has 4 aromatic heterocycles. The molecule has 0 fully saturated rings. The van der Waals surface area contributed by atoms with Gasteiger partial charge >= 0.3 is 0 Å². The van der Waals surface area contributed by atoms with Crippen LogP contribution >= 0.6 is 0 Å². The molecule has 0 aliphatic heterocycles. The van der Waals surface area contributed by atoms with Crippen molar-refractivity contribution in [3.05, 3.63) is 340 Å². The molecule has 0 bridgehead atoms. The summed E-state index contributed by atoms with van der Waals surface area (Å²) in [6.45, 7) is 0. The Morgan fingerprint density at radius 3 is 1.03 bits per heavy atom. The van der Waals surface area contributed by atoms with Crippen LogP contribution in [0.2, 0.25) is 0 Å². The van der Waals surface area contributed by atoms with Gasteiger partial charge in [0.2, 0.25) is 0 Å². The topological polar surface area (TPSA) is 52.6 Å². The summed E-state index contributed by atoms with van der Waals surface area (Å²) in [6.07, 6.45) is 0. The van der Waals surface area contributed by atoms with Crippen LogP contribution in [0.3, 0.4) is 0 Å². The molecule has 104 heavy (non-hydrogen) atoms. The summed E-state index contributed by atoms with van der Waals surface area (Å²) in [5, 5.41) is 24.5. The lowest BCUT2D eigenvalue weighted by Gasteiger charge is -2.20.